The second-order valence-electron chi connectivity index (χ2n) is 17.5. The first-order valence-corrected chi connectivity index (χ1v) is 25.0. The van der Waals surface area contributed by atoms with Crippen LogP contribution in [0.1, 0.15) is 56.9 Å². The van der Waals surface area contributed by atoms with Crippen molar-refractivity contribution in [2.24, 2.45) is 11.8 Å². The van der Waals surface area contributed by atoms with E-state index in [1.54, 1.807) is 36.7 Å². The fourth-order valence-electron chi connectivity index (χ4n) is 9.55. The monoisotopic (exact) mass is 1000 g/mol. The lowest BCUT2D eigenvalue weighted by Gasteiger charge is -2.52. The molecule has 0 atom stereocenters. The maximum absolute atomic E-state index is 13.9. The van der Waals surface area contributed by atoms with Gasteiger partial charge in [-0.05, 0) is 117 Å². The first-order valence-electron chi connectivity index (χ1n) is 22.1. The molecule has 4 fully saturated rings. The topological polar surface area (TPSA) is 191 Å². The molecule has 0 unspecified atom stereocenters. The number of rotatable bonds is 10. The van der Waals surface area contributed by atoms with E-state index in [0.29, 0.717) is 37.4 Å². The Kier molecular flexibility index (Phi) is 15.4. The molecule has 368 valence electrons. The van der Waals surface area contributed by atoms with Crippen LogP contribution in [0.15, 0.2) is 126 Å². The average molecular weight is 1000 g/mol. The number of carbonyl (C=O) groups excluding carboxylic acids is 2. The summed E-state index contributed by atoms with van der Waals surface area (Å²) in [4.78, 5) is 25.0. The van der Waals surface area contributed by atoms with Crippen molar-refractivity contribution in [3.8, 4) is 5.75 Å². The highest BCUT2D eigenvalue weighted by Gasteiger charge is 2.68. The standard InChI is InChI=1S/C20H21F3N4O3S.C15H18F3NO2S.C12H10N2O2/c21-15-2-1-3-17(10-15)31(29,30)19(12-20(22,23)13-19)14-5-8-27(9-6-14)18(28)26-16-4-7-24-25-11-16;16-12-2-1-3-13(8-12)22(20,21)14(9-15(17,18)10-14)11-4-6-19-7-5-11;15-12(8-10-6-7-13-14-9-10)16-11-4-2-1-3-5-11/h1-4,7,10-11,14H,5-6,8-9,12-13H2,(H,24,26,28);1-3,8,11,19H,4-7,9-10H2;1-7,9H,8H2. The molecule has 0 bridgehead atoms. The zero-order chi connectivity index (χ0) is 49.5. The summed E-state index contributed by atoms with van der Waals surface area (Å²) in [5.41, 5.74) is 1.25. The number of aromatic nitrogens is 4. The van der Waals surface area contributed by atoms with Crippen LogP contribution in [0.25, 0.3) is 0 Å². The lowest BCUT2D eigenvalue weighted by atomic mass is 9.68. The van der Waals surface area contributed by atoms with E-state index in [9.17, 15) is 52.8 Å². The molecule has 2 saturated heterocycles. The number of sulfone groups is 2. The van der Waals surface area contributed by atoms with Crippen molar-refractivity contribution in [2.75, 3.05) is 31.5 Å². The normalized spacial score (nSPS) is 19.4. The van der Waals surface area contributed by atoms with Crippen LogP contribution in [0.5, 0.6) is 5.75 Å². The van der Waals surface area contributed by atoms with E-state index in [2.05, 4.69) is 31.0 Å². The summed E-state index contributed by atoms with van der Waals surface area (Å²) in [5.74, 6) is -8.08. The van der Waals surface area contributed by atoms with Crippen molar-refractivity contribution in [1.29, 1.82) is 0 Å². The van der Waals surface area contributed by atoms with E-state index < -0.39 is 84.2 Å². The van der Waals surface area contributed by atoms with Gasteiger partial charge in [-0.2, -0.15) is 20.4 Å². The van der Waals surface area contributed by atoms with Crippen LogP contribution in [0.3, 0.4) is 0 Å². The molecule has 4 heterocycles. The zero-order valence-electron chi connectivity index (χ0n) is 37.0. The van der Waals surface area contributed by atoms with Crippen molar-refractivity contribution in [3.63, 3.8) is 0 Å². The number of alkyl halides is 4. The maximum Gasteiger partial charge on any atom is 0.321 e. The number of urea groups is 1. The molecule has 4 aliphatic rings. The van der Waals surface area contributed by atoms with Crippen molar-refractivity contribution >= 4 is 37.4 Å². The number of ether oxygens (including phenoxy) is 1. The first-order chi connectivity index (χ1) is 32.7. The van der Waals surface area contributed by atoms with E-state index in [0.717, 1.165) is 29.8 Å². The molecule has 3 aromatic carbocycles. The van der Waals surface area contributed by atoms with Crippen molar-refractivity contribution < 1.29 is 57.5 Å². The molecular formula is C47H49F6N7O7S2. The van der Waals surface area contributed by atoms with Crippen LogP contribution in [0.2, 0.25) is 0 Å². The second-order valence-corrected chi connectivity index (χ2v) is 22.1. The van der Waals surface area contributed by atoms with Crippen LogP contribution < -0.4 is 15.4 Å². The predicted molar refractivity (Wildman–Crippen MR) is 240 cm³/mol. The van der Waals surface area contributed by atoms with Crippen molar-refractivity contribution in [2.45, 2.75) is 88.9 Å². The highest BCUT2D eigenvalue weighted by atomic mass is 32.2. The number of hydrogen-bond acceptors (Lipinski definition) is 12. The Morgan fingerprint density at radius 3 is 1.62 bits per heavy atom. The van der Waals surface area contributed by atoms with E-state index in [-0.39, 0.29) is 60.1 Å². The number of para-hydroxylation sites is 1. The van der Waals surface area contributed by atoms with Gasteiger partial charge in [-0.1, -0.05) is 30.3 Å². The Hall–Kier alpha value is -6.00. The van der Waals surface area contributed by atoms with Gasteiger partial charge in [0.15, 0.2) is 19.7 Å². The van der Waals surface area contributed by atoms with Gasteiger partial charge in [-0.15, -0.1) is 0 Å². The minimum atomic E-state index is -4.20. The van der Waals surface area contributed by atoms with Crippen LogP contribution in [-0.4, -0.2) is 102 Å². The van der Waals surface area contributed by atoms with Gasteiger partial charge in [0.2, 0.25) is 0 Å². The number of carbonyl (C=O) groups is 2. The molecule has 14 nitrogen and oxygen atoms in total. The third kappa shape index (κ3) is 11.7. The molecule has 5 aromatic rings. The van der Waals surface area contributed by atoms with E-state index in [4.69, 9.17) is 4.74 Å². The van der Waals surface area contributed by atoms with E-state index in [1.165, 1.54) is 41.6 Å². The smallest absolute Gasteiger partial charge is 0.321 e. The fourth-order valence-corrected chi connectivity index (χ4v) is 14.5. The molecular weight excluding hydrogens is 953 g/mol. The number of hydrogen-bond donors (Lipinski definition) is 2. The Morgan fingerprint density at radius 2 is 1.16 bits per heavy atom. The summed E-state index contributed by atoms with van der Waals surface area (Å²) in [6.07, 6.45) is 4.81. The van der Waals surface area contributed by atoms with Crippen LogP contribution >= 0.6 is 0 Å². The second kappa shape index (κ2) is 20.9. The number of nitrogens with one attached hydrogen (secondary N) is 2. The molecule has 9 rings (SSSR count). The minimum Gasteiger partial charge on any atom is -0.426 e. The molecule has 0 radical (unpaired) electrons. The molecule has 2 aliphatic heterocycles. The Labute approximate surface area is 395 Å². The third-order valence-corrected chi connectivity index (χ3v) is 18.1. The van der Waals surface area contributed by atoms with E-state index >= 15 is 0 Å². The number of amides is 2. The summed E-state index contributed by atoms with van der Waals surface area (Å²) in [6.45, 7) is 1.69. The lowest BCUT2D eigenvalue weighted by molar-refractivity contribution is -0.133. The summed E-state index contributed by atoms with van der Waals surface area (Å²) >= 11 is 0. The number of piperidine rings is 2. The number of nitrogens with zero attached hydrogens (tertiary/aromatic N) is 5. The maximum atomic E-state index is 13.9. The van der Waals surface area contributed by atoms with Crippen LogP contribution in [-0.2, 0) is 30.9 Å². The average Bonchev–Trinajstić information content (AvgIpc) is 3.31. The van der Waals surface area contributed by atoms with Crippen molar-refractivity contribution in [1.82, 2.24) is 30.6 Å². The summed E-state index contributed by atoms with van der Waals surface area (Å²) in [7, 11) is -8.20. The van der Waals surface area contributed by atoms with Crippen LogP contribution in [0, 0.1) is 23.5 Å². The van der Waals surface area contributed by atoms with Crippen LogP contribution in [0.4, 0.5) is 36.8 Å². The third-order valence-electron chi connectivity index (χ3n) is 12.9. The fraction of sp³-hybridized carbons (Fsp3) is 0.404. The molecule has 69 heavy (non-hydrogen) atoms. The summed E-state index contributed by atoms with van der Waals surface area (Å²) < 4.78 is 137. The number of halogens is 6. The molecule has 2 amide bonds. The van der Waals surface area contributed by atoms with Gasteiger partial charge in [0.1, 0.15) is 17.4 Å². The van der Waals surface area contributed by atoms with Gasteiger partial charge in [0, 0.05) is 45.0 Å². The quantitative estimate of drug-likeness (QED) is 0.0783. The van der Waals surface area contributed by atoms with E-state index in [1.807, 2.05) is 18.2 Å². The van der Waals surface area contributed by atoms with Gasteiger partial charge in [0.25, 0.3) is 11.8 Å². The molecule has 0 spiro atoms. The zero-order valence-corrected chi connectivity index (χ0v) is 38.6. The number of anilines is 1. The highest BCUT2D eigenvalue weighted by molar-refractivity contribution is 7.93. The molecule has 2 aromatic heterocycles. The summed E-state index contributed by atoms with van der Waals surface area (Å²) in [6, 6.07) is 21.0. The first kappa shape index (κ1) is 50.9. The number of benzene rings is 3. The lowest BCUT2D eigenvalue weighted by Crippen LogP contribution is -2.62. The molecule has 2 saturated carbocycles. The summed E-state index contributed by atoms with van der Waals surface area (Å²) in [5, 5.41) is 20.4. The van der Waals surface area contributed by atoms with Crippen molar-refractivity contribution in [3.05, 3.63) is 133 Å². The van der Waals surface area contributed by atoms with Gasteiger partial charge >= 0.3 is 12.0 Å². The Balaban J connectivity index is 0.000000162. The Morgan fingerprint density at radius 1 is 0.652 bits per heavy atom. The largest absolute Gasteiger partial charge is 0.426 e. The SMILES string of the molecule is O=C(Cc1ccnnc1)Oc1ccccc1.O=C(Nc1ccnnc1)N1CCC(C2(S(=O)(=O)c3cccc(F)c3)CC(F)(F)C2)CC1.O=S(=O)(c1cccc(F)c1)C1(C2CCNCC2)CC(F)(F)C1. The minimum absolute atomic E-state index is 0.193. The predicted octanol–water partition coefficient (Wildman–Crippen LogP) is 7.89. The molecule has 22 heteroatoms. The molecule has 2 aliphatic carbocycles. The Bertz CT molecular complexity index is 2730. The van der Waals surface area contributed by atoms with Gasteiger partial charge < -0.3 is 20.3 Å². The van der Waals surface area contributed by atoms with Gasteiger partial charge in [-0.25, -0.2) is 48.0 Å². The highest BCUT2D eigenvalue weighted by Crippen LogP contribution is 2.59. The molecule has 2 N–H and O–H groups in total. The number of esters is 1. The number of likely N-dealkylation sites (tertiary alicyclic amines) is 1. The van der Waals surface area contributed by atoms with Gasteiger partial charge in [0.05, 0.1) is 50.0 Å². The van der Waals surface area contributed by atoms with Gasteiger partial charge in [-0.3, -0.25) is 4.79 Å².